The molecule has 0 radical (unpaired) electrons. The van der Waals surface area contributed by atoms with Gasteiger partial charge in [0, 0.05) is 0 Å². The Morgan fingerprint density at radius 1 is 0.500 bits per heavy atom. The van der Waals surface area contributed by atoms with Crippen LogP contribution in [-0.4, -0.2) is 0 Å². The first kappa shape index (κ1) is 12.1. The maximum atomic E-state index is 2.44. The molecule has 0 heterocycles. The van der Waals surface area contributed by atoms with Crippen molar-refractivity contribution in [1.29, 1.82) is 0 Å². The summed E-state index contributed by atoms with van der Waals surface area (Å²) < 4.78 is 0. The van der Waals surface area contributed by atoms with Crippen molar-refractivity contribution in [1.82, 2.24) is 0 Å². The second kappa shape index (κ2) is 5.78. The van der Waals surface area contributed by atoms with E-state index in [2.05, 4.69) is 27.7 Å². The molecule has 0 bridgehead atoms. The molecule has 4 atom stereocenters. The Morgan fingerprint density at radius 3 is 0.929 bits per heavy atom. The van der Waals surface area contributed by atoms with Gasteiger partial charge in [-0.3, -0.25) is 0 Å². The topological polar surface area (TPSA) is 0 Å². The molecule has 1 aliphatic rings. The summed E-state index contributed by atoms with van der Waals surface area (Å²) >= 11 is 0. The van der Waals surface area contributed by atoms with Crippen LogP contribution in [0.1, 0.15) is 66.2 Å². The maximum Gasteiger partial charge on any atom is -0.0417 e. The Hall–Kier alpha value is 0. The minimum atomic E-state index is 0.954. The molecule has 14 heavy (non-hydrogen) atoms. The van der Waals surface area contributed by atoms with E-state index in [1.165, 1.54) is 38.5 Å². The van der Waals surface area contributed by atoms with Crippen LogP contribution in [0.15, 0.2) is 0 Å². The van der Waals surface area contributed by atoms with Crippen LogP contribution in [-0.2, 0) is 0 Å². The molecule has 1 saturated carbocycles. The largest absolute Gasteiger partial charge is 0.0623 e. The molecule has 0 nitrogen and oxygen atoms in total. The SMILES string of the molecule is CC1CCCC(C)C(C)CCCC1C. The van der Waals surface area contributed by atoms with Crippen molar-refractivity contribution >= 4 is 0 Å². The molecule has 0 aromatic rings. The third-order valence-electron chi connectivity index (χ3n) is 4.58. The second-order valence-electron chi connectivity index (χ2n) is 5.77. The smallest absolute Gasteiger partial charge is 0.0417 e. The third kappa shape index (κ3) is 3.63. The number of rotatable bonds is 0. The Balaban J connectivity index is 2.42. The molecular formula is C14H28. The van der Waals surface area contributed by atoms with Gasteiger partial charge >= 0.3 is 0 Å². The van der Waals surface area contributed by atoms with E-state index in [4.69, 9.17) is 0 Å². The Bertz CT molecular complexity index is 116. The minimum absolute atomic E-state index is 0.954. The molecule has 0 heteroatoms. The van der Waals surface area contributed by atoms with Gasteiger partial charge in [-0.05, 0) is 23.7 Å². The molecule has 0 amide bonds. The van der Waals surface area contributed by atoms with Crippen molar-refractivity contribution in [3.63, 3.8) is 0 Å². The highest BCUT2D eigenvalue weighted by atomic mass is 14.2. The van der Waals surface area contributed by atoms with E-state index in [1.54, 1.807) is 0 Å². The lowest BCUT2D eigenvalue weighted by molar-refractivity contribution is 0.255. The quantitative estimate of drug-likeness (QED) is 0.518. The van der Waals surface area contributed by atoms with Crippen LogP contribution < -0.4 is 0 Å². The van der Waals surface area contributed by atoms with Crippen LogP contribution in [0.2, 0.25) is 0 Å². The molecular weight excluding hydrogens is 168 g/mol. The summed E-state index contributed by atoms with van der Waals surface area (Å²) in [6.07, 6.45) is 8.74. The zero-order chi connectivity index (χ0) is 10.6. The van der Waals surface area contributed by atoms with Gasteiger partial charge in [0.05, 0.1) is 0 Å². The lowest BCUT2D eigenvalue weighted by atomic mass is 9.80. The van der Waals surface area contributed by atoms with Crippen molar-refractivity contribution in [3.8, 4) is 0 Å². The van der Waals surface area contributed by atoms with Gasteiger partial charge in [-0.15, -0.1) is 0 Å². The molecule has 0 N–H and O–H groups in total. The second-order valence-corrected chi connectivity index (χ2v) is 5.77. The molecule has 0 aliphatic heterocycles. The van der Waals surface area contributed by atoms with E-state index in [1.807, 2.05) is 0 Å². The lowest BCUT2D eigenvalue weighted by Crippen LogP contribution is -2.14. The molecule has 1 rings (SSSR count). The number of hydrogen-bond donors (Lipinski definition) is 0. The summed E-state index contributed by atoms with van der Waals surface area (Å²) in [6, 6.07) is 0. The van der Waals surface area contributed by atoms with Crippen LogP contribution in [0, 0.1) is 23.7 Å². The van der Waals surface area contributed by atoms with E-state index in [0.717, 1.165) is 23.7 Å². The lowest BCUT2D eigenvalue weighted by Gasteiger charge is -2.26. The predicted octanol–water partition coefficient (Wildman–Crippen LogP) is 4.89. The van der Waals surface area contributed by atoms with Crippen LogP contribution >= 0.6 is 0 Å². The first-order chi connectivity index (χ1) is 6.61. The van der Waals surface area contributed by atoms with Crippen molar-refractivity contribution in [2.45, 2.75) is 66.2 Å². The normalized spacial score (nSPS) is 42.0. The summed E-state index contributed by atoms with van der Waals surface area (Å²) in [6.45, 7) is 9.78. The average Bonchev–Trinajstić information content (AvgIpc) is 2.15. The van der Waals surface area contributed by atoms with Crippen LogP contribution in [0.25, 0.3) is 0 Å². The van der Waals surface area contributed by atoms with E-state index >= 15 is 0 Å². The highest BCUT2D eigenvalue weighted by molar-refractivity contribution is 4.69. The van der Waals surface area contributed by atoms with Crippen molar-refractivity contribution in [3.05, 3.63) is 0 Å². The zero-order valence-electron chi connectivity index (χ0n) is 10.6. The third-order valence-corrected chi connectivity index (χ3v) is 4.58. The van der Waals surface area contributed by atoms with Crippen molar-refractivity contribution < 1.29 is 0 Å². The molecule has 0 aromatic carbocycles. The summed E-state index contributed by atoms with van der Waals surface area (Å²) in [5.41, 5.74) is 0. The molecule has 0 spiro atoms. The fraction of sp³-hybridized carbons (Fsp3) is 1.00. The Labute approximate surface area is 90.5 Å². The molecule has 0 aromatic heterocycles. The van der Waals surface area contributed by atoms with E-state index < -0.39 is 0 Å². The summed E-state index contributed by atoms with van der Waals surface area (Å²) in [5, 5.41) is 0. The first-order valence-electron chi connectivity index (χ1n) is 6.61. The number of hydrogen-bond acceptors (Lipinski definition) is 0. The van der Waals surface area contributed by atoms with Gasteiger partial charge < -0.3 is 0 Å². The molecule has 1 aliphatic carbocycles. The van der Waals surface area contributed by atoms with Gasteiger partial charge in [0.2, 0.25) is 0 Å². The fourth-order valence-electron chi connectivity index (χ4n) is 2.66. The fourth-order valence-corrected chi connectivity index (χ4v) is 2.66. The summed E-state index contributed by atoms with van der Waals surface area (Å²) in [7, 11) is 0. The van der Waals surface area contributed by atoms with E-state index in [0.29, 0.717) is 0 Å². The van der Waals surface area contributed by atoms with E-state index in [9.17, 15) is 0 Å². The van der Waals surface area contributed by atoms with Crippen LogP contribution in [0.4, 0.5) is 0 Å². The molecule has 1 fully saturated rings. The van der Waals surface area contributed by atoms with Gasteiger partial charge in [-0.2, -0.15) is 0 Å². The van der Waals surface area contributed by atoms with Crippen LogP contribution in [0.3, 0.4) is 0 Å². The summed E-state index contributed by atoms with van der Waals surface area (Å²) in [5.74, 6) is 3.82. The standard InChI is InChI=1S/C14H28/c1-11-7-5-9-13(3)14(4)10-6-8-12(11)2/h11-14H,5-10H2,1-4H3. The minimum Gasteiger partial charge on any atom is -0.0623 e. The zero-order valence-corrected chi connectivity index (χ0v) is 10.6. The molecule has 0 saturated heterocycles. The maximum absolute atomic E-state index is 2.44. The average molecular weight is 196 g/mol. The first-order valence-corrected chi connectivity index (χ1v) is 6.61. The van der Waals surface area contributed by atoms with Gasteiger partial charge in [-0.25, -0.2) is 0 Å². The Morgan fingerprint density at radius 2 is 0.714 bits per heavy atom. The van der Waals surface area contributed by atoms with Gasteiger partial charge in [-0.1, -0.05) is 66.2 Å². The van der Waals surface area contributed by atoms with Gasteiger partial charge in [0.25, 0.3) is 0 Å². The Kier molecular flexibility index (Phi) is 4.98. The van der Waals surface area contributed by atoms with Crippen molar-refractivity contribution in [2.75, 3.05) is 0 Å². The highest BCUT2D eigenvalue weighted by Crippen LogP contribution is 2.30. The van der Waals surface area contributed by atoms with E-state index in [-0.39, 0.29) is 0 Å². The highest BCUT2D eigenvalue weighted by Gasteiger charge is 2.18. The van der Waals surface area contributed by atoms with Crippen molar-refractivity contribution in [2.24, 2.45) is 23.7 Å². The van der Waals surface area contributed by atoms with Gasteiger partial charge in [0.1, 0.15) is 0 Å². The molecule has 4 unspecified atom stereocenters. The van der Waals surface area contributed by atoms with Crippen LogP contribution in [0.5, 0.6) is 0 Å². The van der Waals surface area contributed by atoms with Gasteiger partial charge in [0.15, 0.2) is 0 Å². The predicted molar refractivity (Wildman–Crippen MR) is 64.4 cm³/mol. The monoisotopic (exact) mass is 196 g/mol. The molecule has 84 valence electrons. The summed E-state index contributed by atoms with van der Waals surface area (Å²) in [4.78, 5) is 0.